The molecule has 1 N–H and O–H groups in total. The van der Waals surface area contributed by atoms with Crippen molar-refractivity contribution < 1.29 is 9.84 Å². The van der Waals surface area contributed by atoms with E-state index in [9.17, 15) is 5.11 Å². The summed E-state index contributed by atoms with van der Waals surface area (Å²) >= 11 is 0. The molecule has 1 unspecified atom stereocenters. The molecular formula is C29H35NO2. The molecule has 32 heavy (non-hydrogen) atoms. The number of hydrogen-bond acceptors (Lipinski definition) is 3. The number of benzene rings is 2. The van der Waals surface area contributed by atoms with E-state index in [1.807, 2.05) is 0 Å². The van der Waals surface area contributed by atoms with Gasteiger partial charge in [0.05, 0.1) is 12.8 Å². The Balaban J connectivity index is 1.78. The summed E-state index contributed by atoms with van der Waals surface area (Å²) in [4.78, 5) is 5.24. The Morgan fingerprint density at radius 1 is 0.969 bits per heavy atom. The Morgan fingerprint density at radius 2 is 1.66 bits per heavy atom. The van der Waals surface area contributed by atoms with Gasteiger partial charge in [-0.15, -0.1) is 0 Å². The molecule has 1 aliphatic carbocycles. The molecule has 3 nitrogen and oxygen atoms in total. The number of ether oxygens (including phenoxy) is 1. The maximum Gasteiger partial charge on any atom is 0.126 e. The van der Waals surface area contributed by atoms with Gasteiger partial charge in [0.25, 0.3) is 0 Å². The van der Waals surface area contributed by atoms with Crippen LogP contribution in [0.3, 0.4) is 0 Å². The molecule has 0 bridgehead atoms. The van der Waals surface area contributed by atoms with Gasteiger partial charge < -0.3 is 9.84 Å². The number of aliphatic hydroxyl groups excluding tert-OH is 1. The fraction of sp³-hybridized carbons (Fsp3) is 0.414. The molecule has 0 fully saturated rings. The smallest absolute Gasteiger partial charge is 0.126 e. The maximum atomic E-state index is 9.48. The number of nitrogens with zero attached hydrogens (tertiary/aromatic N) is 1. The fourth-order valence-electron chi connectivity index (χ4n) is 5.33. The third-order valence-corrected chi connectivity index (χ3v) is 6.91. The molecule has 168 valence electrons. The first-order valence-corrected chi connectivity index (χ1v) is 12.1. The largest absolute Gasteiger partial charge is 0.496 e. The molecule has 1 aliphatic rings. The van der Waals surface area contributed by atoms with Gasteiger partial charge in [0.2, 0.25) is 0 Å². The van der Waals surface area contributed by atoms with E-state index < -0.39 is 0 Å². The Kier molecular flexibility index (Phi) is 7.26. The van der Waals surface area contributed by atoms with Gasteiger partial charge >= 0.3 is 0 Å². The Hall–Kier alpha value is -2.65. The summed E-state index contributed by atoms with van der Waals surface area (Å²) in [5.41, 5.74) is 10.1. The van der Waals surface area contributed by atoms with Gasteiger partial charge in [0.1, 0.15) is 5.75 Å². The lowest BCUT2D eigenvalue weighted by Gasteiger charge is -2.28. The van der Waals surface area contributed by atoms with Gasteiger partial charge in [-0.1, -0.05) is 56.3 Å². The molecule has 1 aromatic heterocycles. The van der Waals surface area contributed by atoms with Crippen LogP contribution in [0.1, 0.15) is 66.1 Å². The molecule has 0 amide bonds. The second-order valence-electron chi connectivity index (χ2n) is 8.76. The number of rotatable bonds is 8. The van der Waals surface area contributed by atoms with Crippen LogP contribution in [0.5, 0.6) is 5.75 Å². The van der Waals surface area contributed by atoms with Crippen LogP contribution >= 0.6 is 0 Å². The Labute approximate surface area is 192 Å². The van der Waals surface area contributed by atoms with Gasteiger partial charge in [0, 0.05) is 29.5 Å². The van der Waals surface area contributed by atoms with Crippen molar-refractivity contribution in [1.29, 1.82) is 0 Å². The number of aliphatic hydroxyl groups is 1. The van der Waals surface area contributed by atoms with Crippen molar-refractivity contribution in [2.24, 2.45) is 0 Å². The van der Waals surface area contributed by atoms with E-state index in [0.717, 1.165) is 50.0 Å². The average Bonchev–Trinajstić information content (AvgIpc) is 2.84. The van der Waals surface area contributed by atoms with E-state index in [4.69, 9.17) is 9.72 Å². The molecule has 1 atom stereocenters. The molecule has 0 saturated carbocycles. The van der Waals surface area contributed by atoms with E-state index in [0.29, 0.717) is 12.3 Å². The molecule has 0 spiro atoms. The summed E-state index contributed by atoms with van der Waals surface area (Å²) in [6.45, 7) is 4.62. The maximum absolute atomic E-state index is 9.48. The highest BCUT2D eigenvalue weighted by Gasteiger charge is 2.27. The zero-order valence-corrected chi connectivity index (χ0v) is 19.7. The SMILES string of the molecule is CCc1cccc(CC)c1-c1cc(OC)c2c(n1)CCCC2Cc1ccccc1CCO. The van der Waals surface area contributed by atoms with E-state index in [1.54, 1.807) is 7.11 Å². The Bertz CT molecular complexity index is 1030. The summed E-state index contributed by atoms with van der Waals surface area (Å²) < 4.78 is 5.99. The molecule has 4 rings (SSSR count). The zero-order valence-electron chi connectivity index (χ0n) is 19.7. The summed E-state index contributed by atoms with van der Waals surface area (Å²) in [5.74, 6) is 1.37. The molecular weight excluding hydrogens is 394 g/mol. The monoisotopic (exact) mass is 429 g/mol. The molecule has 3 heteroatoms. The highest BCUT2D eigenvalue weighted by atomic mass is 16.5. The second-order valence-corrected chi connectivity index (χ2v) is 8.76. The highest BCUT2D eigenvalue weighted by molar-refractivity contribution is 5.70. The number of fused-ring (bicyclic) bond motifs is 1. The quantitative estimate of drug-likeness (QED) is 0.472. The van der Waals surface area contributed by atoms with Crippen LogP contribution in [-0.2, 0) is 32.1 Å². The molecule has 0 radical (unpaired) electrons. The van der Waals surface area contributed by atoms with E-state index in [1.165, 1.54) is 39.1 Å². The third-order valence-electron chi connectivity index (χ3n) is 6.91. The van der Waals surface area contributed by atoms with E-state index >= 15 is 0 Å². The molecule has 0 saturated heterocycles. The van der Waals surface area contributed by atoms with Gasteiger partial charge in [-0.05, 0) is 73.1 Å². The molecule has 0 aliphatic heterocycles. The predicted octanol–water partition coefficient (Wildman–Crippen LogP) is 6.08. The van der Waals surface area contributed by atoms with Crippen molar-refractivity contribution in [3.05, 3.63) is 82.0 Å². The van der Waals surface area contributed by atoms with Crippen LogP contribution in [0.2, 0.25) is 0 Å². The number of aromatic nitrogens is 1. The van der Waals surface area contributed by atoms with Crippen LogP contribution in [0.4, 0.5) is 0 Å². The third kappa shape index (κ3) is 4.45. The average molecular weight is 430 g/mol. The lowest BCUT2D eigenvalue weighted by Crippen LogP contribution is -2.17. The van der Waals surface area contributed by atoms with Gasteiger partial charge in [-0.25, -0.2) is 0 Å². The van der Waals surface area contributed by atoms with Crippen molar-refractivity contribution >= 4 is 0 Å². The molecule has 2 aromatic carbocycles. The zero-order chi connectivity index (χ0) is 22.5. The minimum atomic E-state index is 0.184. The first-order valence-electron chi connectivity index (χ1n) is 12.1. The van der Waals surface area contributed by atoms with Crippen LogP contribution in [0.15, 0.2) is 48.5 Å². The second kappa shape index (κ2) is 10.3. The lowest BCUT2D eigenvalue weighted by molar-refractivity contribution is 0.299. The fourth-order valence-corrected chi connectivity index (χ4v) is 5.33. The van der Waals surface area contributed by atoms with Crippen molar-refractivity contribution in [1.82, 2.24) is 4.98 Å². The van der Waals surface area contributed by atoms with Crippen LogP contribution in [0, 0.1) is 0 Å². The standard InChI is InChI=1S/C29H35NO2/c1-4-20-12-8-13-21(5-2)28(20)26-19-27(32-3)29-24(14-9-15-25(29)30-26)18-23-11-7-6-10-22(23)16-17-31/h6-8,10-13,19,24,31H,4-5,9,14-18H2,1-3H3. The minimum Gasteiger partial charge on any atom is -0.496 e. The normalized spacial score (nSPS) is 15.4. The first-order chi connectivity index (χ1) is 15.7. The highest BCUT2D eigenvalue weighted by Crippen LogP contribution is 2.42. The Morgan fingerprint density at radius 3 is 2.31 bits per heavy atom. The minimum absolute atomic E-state index is 0.184. The van der Waals surface area contributed by atoms with Gasteiger partial charge in [-0.3, -0.25) is 4.98 Å². The van der Waals surface area contributed by atoms with Crippen molar-refractivity contribution in [2.45, 2.75) is 64.7 Å². The summed E-state index contributed by atoms with van der Waals surface area (Å²) in [6.07, 6.45) is 6.95. The lowest BCUT2D eigenvalue weighted by atomic mass is 9.79. The van der Waals surface area contributed by atoms with Gasteiger partial charge in [-0.2, -0.15) is 0 Å². The van der Waals surface area contributed by atoms with Crippen LogP contribution in [-0.4, -0.2) is 23.8 Å². The summed E-state index contributed by atoms with van der Waals surface area (Å²) in [6, 6.07) is 17.3. The predicted molar refractivity (Wildman–Crippen MR) is 132 cm³/mol. The van der Waals surface area contributed by atoms with Crippen molar-refractivity contribution in [3.63, 3.8) is 0 Å². The molecule has 1 heterocycles. The van der Waals surface area contributed by atoms with Gasteiger partial charge in [0.15, 0.2) is 0 Å². The van der Waals surface area contributed by atoms with Crippen LogP contribution in [0.25, 0.3) is 11.3 Å². The number of hydrogen-bond donors (Lipinski definition) is 1. The number of pyridine rings is 1. The van der Waals surface area contributed by atoms with E-state index in [2.05, 4.69) is 62.4 Å². The van der Waals surface area contributed by atoms with Crippen molar-refractivity contribution in [3.8, 4) is 17.0 Å². The van der Waals surface area contributed by atoms with Crippen LogP contribution < -0.4 is 4.74 Å². The number of methoxy groups -OCH3 is 1. The summed E-state index contributed by atoms with van der Waals surface area (Å²) in [7, 11) is 1.79. The summed E-state index contributed by atoms with van der Waals surface area (Å²) in [5, 5.41) is 9.48. The topological polar surface area (TPSA) is 42.4 Å². The first kappa shape index (κ1) is 22.5. The van der Waals surface area contributed by atoms with E-state index in [-0.39, 0.29) is 6.61 Å². The molecule has 3 aromatic rings. The number of aryl methyl sites for hydroxylation is 3. The van der Waals surface area contributed by atoms with Crippen molar-refractivity contribution in [2.75, 3.05) is 13.7 Å².